The molecule has 1 N–H and O–H groups in total. The van der Waals surface area contributed by atoms with Gasteiger partial charge in [0.25, 0.3) is 5.91 Å². The van der Waals surface area contributed by atoms with Crippen molar-refractivity contribution in [2.45, 2.75) is 13.0 Å². The molecule has 28 heavy (non-hydrogen) atoms. The Balaban J connectivity index is 1.68. The van der Waals surface area contributed by atoms with Gasteiger partial charge >= 0.3 is 5.97 Å². The van der Waals surface area contributed by atoms with Gasteiger partial charge in [0.15, 0.2) is 0 Å². The number of carbonyl (C=O) groups is 2. The van der Waals surface area contributed by atoms with Crippen LogP contribution in [0.2, 0.25) is 0 Å². The number of hydrogen-bond acceptors (Lipinski definition) is 5. The number of likely N-dealkylation sites (N-methyl/N-ethyl adjacent to an activating group) is 1. The van der Waals surface area contributed by atoms with Crippen molar-refractivity contribution in [3.63, 3.8) is 0 Å². The summed E-state index contributed by atoms with van der Waals surface area (Å²) in [7, 11) is 1.73. The van der Waals surface area contributed by atoms with Crippen molar-refractivity contribution in [3.8, 4) is 11.1 Å². The first-order chi connectivity index (χ1) is 13.4. The summed E-state index contributed by atoms with van der Waals surface area (Å²) in [6.07, 6.45) is 3.13. The Hall–Kier alpha value is -2.77. The van der Waals surface area contributed by atoms with Gasteiger partial charge < -0.3 is 14.7 Å². The fourth-order valence-corrected chi connectivity index (χ4v) is 3.30. The molecule has 1 aliphatic rings. The Morgan fingerprint density at radius 1 is 1.25 bits per heavy atom. The van der Waals surface area contributed by atoms with E-state index in [-0.39, 0.29) is 18.6 Å². The molecule has 7 heteroatoms. The molecule has 0 saturated carbocycles. The van der Waals surface area contributed by atoms with Crippen molar-refractivity contribution in [3.05, 3.63) is 53.9 Å². The third-order valence-corrected chi connectivity index (χ3v) is 4.72. The van der Waals surface area contributed by atoms with Crippen LogP contribution in [0.3, 0.4) is 0 Å². The quantitative estimate of drug-likeness (QED) is 0.821. The molecule has 1 atom stereocenters. The third-order valence-electron chi connectivity index (χ3n) is 4.72. The molecule has 1 aromatic heterocycles. The first-order valence-corrected chi connectivity index (χ1v) is 9.25. The highest BCUT2D eigenvalue weighted by Gasteiger charge is 2.26. The lowest BCUT2D eigenvalue weighted by atomic mass is 10.0. The van der Waals surface area contributed by atoms with E-state index in [0.29, 0.717) is 31.8 Å². The van der Waals surface area contributed by atoms with Gasteiger partial charge in [-0.2, -0.15) is 0 Å². The van der Waals surface area contributed by atoms with Crippen LogP contribution in [0.15, 0.2) is 42.7 Å². The molecule has 2 heterocycles. The number of aliphatic carboxylic acids is 1. The van der Waals surface area contributed by atoms with Gasteiger partial charge in [-0.15, -0.1) is 0 Å². The van der Waals surface area contributed by atoms with Crippen LogP contribution in [-0.4, -0.2) is 77.7 Å². The molecule has 2 aromatic rings. The second-order valence-electron chi connectivity index (χ2n) is 7.16. The number of amides is 1. The van der Waals surface area contributed by atoms with Gasteiger partial charge in [0, 0.05) is 37.6 Å². The fraction of sp³-hybridized carbons (Fsp3) is 0.381. The number of hydrogen-bond donors (Lipinski definition) is 1. The lowest BCUT2D eigenvalue weighted by Crippen LogP contribution is -2.49. The van der Waals surface area contributed by atoms with Crippen LogP contribution in [0.4, 0.5) is 0 Å². The normalized spacial score (nSPS) is 17.0. The fourth-order valence-electron chi connectivity index (χ4n) is 3.30. The average molecular weight is 383 g/mol. The van der Waals surface area contributed by atoms with Crippen molar-refractivity contribution >= 4 is 11.9 Å². The van der Waals surface area contributed by atoms with Crippen LogP contribution in [0.25, 0.3) is 11.1 Å². The summed E-state index contributed by atoms with van der Waals surface area (Å²) in [5, 5.41) is 8.88. The summed E-state index contributed by atoms with van der Waals surface area (Å²) >= 11 is 0. The zero-order valence-corrected chi connectivity index (χ0v) is 16.2. The molecule has 0 radical (unpaired) electrons. The van der Waals surface area contributed by atoms with E-state index < -0.39 is 5.97 Å². The van der Waals surface area contributed by atoms with E-state index in [9.17, 15) is 9.59 Å². The van der Waals surface area contributed by atoms with E-state index in [1.54, 1.807) is 29.2 Å². The highest BCUT2D eigenvalue weighted by atomic mass is 16.5. The molecular formula is C21H25N3O4. The van der Waals surface area contributed by atoms with Gasteiger partial charge in [-0.1, -0.05) is 29.8 Å². The molecule has 0 spiro atoms. The summed E-state index contributed by atoms with van der Waals surface area (Å²) in [6.45, 7) is 3.80. The molecule has 0 bridgehead atoms. The molecule has 7 nitrogen and oxygen atoms in total. The molecule has 1 unspecified atom stereocenters. The number of nitrogens with zero attached hydrogens (tertiary/aromatic N) is 3. The van der Waals surface area contributed by atoms with Crippen LogP contribution in [0.1, 0.15) is 15.9 Å². The lowest BCUT2D eigenvalue weighted by molar-refractivity contribution is -0.138. The van der Waals surface area contributed by atoms with Gasteiger partial charge in [-0.25, -0.2) is 0 Å². The van der Waals surface area contributed by atoms with E-state index in [4.69, 9.17) is 9.84 Å². The number of pyridine rings is 1. The van der Waals surface area contributed by atoms with E-state index >= 15 is 0 Å². The van der Waals surface area contributed by atoms with Gasteiger partial charge in [0.05, 0.1) is 24.8 Å². The maximum absolute atomic E-state index is 13.0. The number of aromatic nitrogens is 1. The number of rotatable bonds is 6. The molecular weight excluding hydrogens is 358 g/mol. The minimum atomic E-state index is -0.884. The van der Waals surface area contributed by atoms with Crippen LogP contribution in [-0.2, 0) is 9.53 Å². The number of ether oxygens (including phenoxy) is 1. The van der Waals surface area contributed by atoms with E-state index in [2.05, 4.69) is 4.98 Å². The van der Waals surface area contributed by atoms with Gasteiger partial charge in [0.1, 0.15) is 0 Å². The first-order valence-electron chi connectivity index (χ1n) is 9.25. The van der Waals surface area contributed by atoms with Crippen LogP contribution >= 0.6 is 0 Å². The monoisotopic (exact) mass is 383 g/mol. The maximum atomic E-state index is 13.0. The zero-order valence-electron chi connectivity index (χ0n) is 16.2. The summed E-state index contributed by atoms with van der Waals surface area (Å²) in [4.78, 5) is 31.5. The molecule has 1 amide bonds. The van der Waals surface area contributed by atoms with Gasteiger partial charge in [0.2, 0.25) is 0 Å². The van der Waals surface area contributed by atoms with Crippen LogP contribution in [0.5, 0.6) is 0 Å². The average Bonchev–Trinajstić information content (AvgIpc) is 2.67. The van der Waals surface area contributed by atoms with Crippen molar-refractivity contribution < 1.29 is 19.4 Å². The third kappa shape index (κ3) is 5.15. The highest BCUT2D eigenvalue weighted by Crippen LogP contribution is 2.21. The second kappa shape index (κ2) is 8.95. The second-order valence-corrected chi connectivity index (χ2v) is 7.16. The largest absolute Gasteiger partial charge is 0.480 e. The Bertz CT molecular complexity index is 838. The molecule has 1 aliphatic heterocycles. The number of benzene rings is 1. The number of aryl methyl sites for hydroxylation is 1. The Kier molecular flexibility index (Phi) is 6.38. The summed E-state index contributed by atoms with van der Waals surface area (Å²) in [6, 6.07) is 9.96. The van der Waals surface area contributed by atoms with Gasteiger partial charge in [-0.05, 0) is 25.6 Å². The Labute approximate surface area is 164 Å². The molecule has 3 rings (SSSR count). The minimum Gasteiger partial charge on any atom is -0.480 e. The number of carboxylic acid groups (broad SMARTS) is 1. The summed E-state index contributed by atoms with van der Waals surface area (Å²) < 4.78 is 5.71. The Morgan fingerprint density at radius 3 is 2.71 bits per heavy atom. The minimum absolute atomic E-state index is 0.0592. The number of carboxylic acids is 1. The van der Waals surface area contributed by atoms with Crippen molar-refractivity contribution in [1.29, 1.82) is 0 Å². The van der Waals surface area contributed by atoms with Gasteiger partial charge in [-0.3, -0.25) is 19.5 Å². The summed E-state index contributed by atoms with van der Waals surface area (Å²) in [5.74, 6) is -0.971. The SMILES string of the molecule is Cc1ccc(-c2cncc(C(=O)N3CCOC(CN(C)CC(=O)O)C3)c2)cc1. The standard InChI is InChI=1S/C21H25N3O4/c1-15-3-5-16(6-4-15)17-9-18(11-22-10-17)21(27)24-7-8-28-19(13-24)12-23(2)14-20(25)26/h3-6,9-11,19H,7-8,12-14H2,1-2H3,(H,25,26). The lowest BCUT2D eigenvalue weighted by Gasteiger charge is -2.34. The topological polar surface area (TPSA) is 83.0 Å². The van der Waals surface area contributed by atoms with Crippen LogP contribution < -0.4 is 0 Å². The molecule has 0 aliphatic carbocycles. The van der Waals surface area contributed by atoms with Crippen LogP contribution in [0, 0.1) is 6.92 Å². The molecule has 1 aromatic carbocycles. The van der Waals surface area contributed by atoms with Crippen molar-refractivity contribution in [2.24, 2.45) is 0 Å². The maximum Gasteiger partial charge on any atom is 0.317 e. The molecule has 1 saturated heterocycles. The zero-order chi connectivity index (χ0) is 20.1. The molecule has 148 valence electrons. The predicted octanol–water partition coefficient (Wildman–Crippen LogP) is 1.91. The van der Waals surface area contributed by atoms with E-state index in [1.807, 2.05) is 37.3 Å². The predicted molar refractivity (Wildman–Crippen MR) is 105 cm³/mol. The van der Waals surface area contributed by atoms with Crippen molar-refractivity contribution in [2.75, 3.05) is 39.8 Å². The number of morpholine rings is 1. The van der Waals surface area contributed by atoms with E-state index in [1.165, 1.54) is 5.56 Å². The molecule has 1 fully saturated rings. The number of carbonyl (C=O) groups excluding carboxylic acids is 1. The van der Waals surface area contributed by atoms with Crippen molar-refractivity contribution in [1.82, 2.24) is 14.8 Å². The van der Waals surface area contributed by atoms with E-state index in [0.717, 1.165) is 11.1 Å². The Morgan fingerprint density at radius 2 is 2.00 bits per heavy atom. The highest BCUT2D eigenvalue weighted by molar-refractivity contribution is 5.95. The first kappa shape index (κ1) is 20.0. The smallest absolute Gasteiger partial charge is 0.317 e. The summed E-state index contributed by atoms with van der Waals surface area (Å²) in [5.41, 5.74) is 3.63.